The fraction of sp³-hybridized carbons (Fsp3) is 0.429. The molecule has 6 heteroatoms. The van der Waals surface area contributed by atoms with Crippen LogP contribution in [-0.2, 0) is 9.53 Å². The molecule has 0 aliphatic heterocycles. The van der Waals surface area contributed by atoms with Gasteiger partial charge in [0, 0.05) is 13.2 Å². The van der Waals surface area contributed by atoms with Crippen molar-refractivity contribution < 1.29 is 14.3 Å². The van der Waals surface area contributed by atoms with E-state index in [0.717, 1.165) is 0 Å². The molecule has 0 bridgehead atoms. The number of methoxy groups -OCH3 is 1. The second-order valence-electron chi connectivity index (χ2n) is 4.72. The minimum absolute atomic E-state index is 0.0157. The zero-order valence-electron chi connectivity index (χ0n) is 12.0. The average Bonchev–Trinajstić information content (AvgIpc) is 2.38. The summed E-state index contributed by atoms with van der Waals surface area (Å²) in [5, 5.41) is 5.43. The van der Waals surface area contributed by atoms with Crippen molar-refractivity contribution in [2.24, 2.45) is 5.73 Å². The Morgan fingerprint density at radius 1 is 1.30 bits per heavy atom. The van der Waals surface area contributed by atoms with Gasteiger partial charge < -0.3 is 21.1 Å². The lowest BCUT2D eigenvalue weighted by Crippen LogP contribution is -2.39. The van der Waals surface area contributed by atoms with Gasteiger partial charge in [-0.15, -0.1) is 0 Å². The summed E-state index contributed by atoms with van der Waals surface area (Å²) in [6.45, 7) is 3.85. The molecule has 20 heavy (non-hydrogen) atoms. The normalized spacial score (nSPS) is 12.1. The van der Waals surface area contributed by atoms with E-state index in [4.69, 9.17) is 10.5 Å². The van der Waals surface area contributed by atoms with E-state index >= 15 is 0 Å². The third-order valence-corrected chi connectivity index (χ3v) is 2.53. The molecule has 0 aliphatic carbocycles. The molecule has 6 nitrogen and oxygen atoms in total. The number of amides is 2. The third-order valence-electron chi connectivity index (χ3n) is 2.53. The van der Waals surface area contributed by atoms with E-state index in [2.05, 4.69) is 10.6 Å². The molecule has 0 radical (unpaired) electrons. The van der Waals surface area contributed by atoms with Crippen molar-refractivity contribution in [3.8, 4) is 0 Å². The quantitative estimate of drug-likeness (QED) is 0.716. The molecule has 1 unspecified atom stereocenters. The molecule has 110 valence electrons. The van der Waals surface area contributed by atoms with Crippen LogP contribution in [0.3, 0.4) is 0 Å². The van der Waals surface area contributed by atoms with Gasteiger partial charge in [-0.2, -0.15) is 0 Å². The van der Waals surface area contributed by atoms with Crippen LogP contribution >= 0.6 is 0 Å². The van der Waals surface area contributed by atoms with Crippen LogP contribution in [-0.4, -0.2) is 37.6 Å². The van der Waals surface area contributed by atoms with Gasteiger partial charge in [0.25, 0.3) is 5.91 Å². The first kappa shape index (κ1) is 16.1. The largest absolute Gasteiger partial charge is 0.383 e. The van der Waals surface area contributed by atoms with Gasteiger partial charge in [-0.3, -0.25) is 9.59 Å². The Hall–Kier alpha value is -1.92. The van der Waals surface area contributed by atoms with E-state index in [0.29, 0.717) is 11.3 Å². The van der Waals surface area contributed by atoms with Gasteiger partial charge in [-0.05, 0) is 26.0 Å². The fourth-order valence-electron chi connectivity index (χ4n) is 1.61. The number of hydrogen-bond donors (Lipinski definition) is 3. The number of benzene rings is 1. The van der Waals surface area contributed by atoms with Crippen LogP contribution in [0.5, 0.6) is 0 Å². The molecule has 4 N–H and O–H groups in total. The minimum atomic E-state index is -0.777. The molecule has 1 atom stereocenters. The Kier molecular flexibility index (Phi) is 6.14. The molecule has 0 spiro atoms. The van der Waals surface area contributed by atoms with Crippen LogP contribution in [0.2, 0.25) is 0 Å². The van der Waals surface area contributed by atoms with Crippen molar-refractivity contribution in [1.29, 1.82) is 0 Å². The highest BCUT2D eigenvalue weighted by Crippen LogP contribution is 2.15. The Bertz CT molecular complexity index is 474. The fourth-order valence-corrected chi connectivity index (χ4v) is 1.61. The molecule has 1 aromatic carbocycles. The number of carbonyl (C=O) groups is 2. The summed E-state index contributed by atoms with van der Waals surface area (Å²) in [5.74, 6) is -0.632. The zero-order chi connectivity index (χ0) is 15.1. The average molecular weight is 279 g/mol. The van der Waals surface area contributed by atoms with Crippen LogP contribution in [0.15, 0.2) is 24.3 Å². The highest BCUT2D eigenvalue weighted by Gasteiger charge is 2.17. The first-order chi connectivity index (χ1) is 9.45. The van der Waals surface area contributed by atoms with Gasteiger partial charge in [-0.1, -0.05) is 12.1 Å². The maximum Gasteiger partial charge on any atom is 0.253 e. The smallest absolute Gasteiger partial charge is 0.253 e. The molecule has 0 saturated heterocycles. The van der Waals surface area contributed by atoms with Crippen molar-refractivity contribution in [1.82, 2.24) is 5.32 Å². The van der Waals surface area contributed by atoms with Crippen LogP contribution in [0.1, 0.15) is 24.2 Å². The lowest BCUT2D eigenvalue weighted by molar-refractivity contribution is -0.118. The van der Waals surface area contributed by atoms with Gasteiger partial charge in [-0.25, -0.2) is 0 Å². The predicted octanol–water partition coefficient (Wildman–Crippen LogP) is 0.737. The monoisotopic (exact) mass is 279 g/mol. The highest BCUT2D eigenvalue weighted by atomic mass is 16.5. The molecule has 0 heterocycles. The van der Waals surface area contributed by atoms with Crippen LogP contribution < -0.4 is 16.4 Å². The molecule has 1 rings (SSSR count). The lowest BCUT2D eigenvalue weighted by Gasteiger charge is -2.15. The van der Waals surface area contributed by atoms with E-state index in [1.807, 2.05) is 13.8 Å². The second kappa shape index (κ2) is 7.62. The summed E-state index contributed by atoms with van der Waals surface area (Å²) in [6.07, 6.45) is 0. The molecule has 0 aliphatic rings. The molecular weight excluding hydrogens is 258 g/mol. The maximum atomic E-state index is 12.0. The number of nitrogens with two attached hydrogens (primary N) is 1. The SMILES string of the molecule is COCC(N)C(=O)Nc1ccccc1C(=O)NC(C)C. The van der Waals surface area contributed by atoms with Crippen molar-refractivity contribution >= 4 is 17.5 Å². The van der Waals surface area contributed by atoms with Gasteiger partial charge in [0.1, 0.15) is 6.04 Å². The van der Waals surface area contributed by atoms with E-state index in [1.165, 1.54) is 7.11 Å². The summed E-state index contributed by atoms with van der Waals surface area (Å²) in [6, 6.07) is 6.02. The number of carbonyl (C=O) groups excluding carboxylic acids is 2. The Morgan fingerprint density at radius 2 is 1.95 bits per heavy atom. The molecule has 0 aromatic heterocycles. The van der Waals surface area contributed by atoms with Crippen molar-refractivity contribution in [3.05, 3.63) is 29.8 Å². The third kappa shape index (κ3) is 4.64. The summed E-state index contributed by atoms with van der Waals surface area (Å²) < 4.78 is 4.83. The molecule has 0 saturated carbocycles. The van der Waals surface area contributed by atoms with Crippen molar-refractivity contribution in [3.63, 3.8) is 0 Å². The first-order valence-corrected chi connectivity index (χ1v) is 6.41. The number of ether oxygens (including phenoxy) is 1. The topological polar surface area (TPSA) is 93.4 Å². The number of hydrogen-bond acceptors (Lipinski definition) is 4. The van der Waals surface area contributed by atoms with E-state index in [1.54, 1.807) is 24.3 Å². The molecule has 0 fully saturated rings. The van der Waals surface area contributed by atoms with Crippen LogP contribution in [0.25, 0.3) is 0 Å². The van der Waals surface area contributed by atoms with Crippen molar-refractivity contribution in [2.45, 2.75) is 25.9 Å². The molecule has 2 amide bonds. The number of rotatable bonds is 6. The zero-order valence-corrected chi connectivity index (χ0v) is 12.0. The summed E-state index contributed by atoms with van der Waals surface area (Å²) >= 11 is 0. The van der Waals surface area contributed by atoms with Crippen LogP contribution in [0, 0.1) is 0 Å². The Balaban J connectivity index is 2.85. The van der Waals surface area contributed by atoms with Gasteiger partial charge >= 0.3 is 0 Å². The van der Waals surface area contributed by atoms with Gasteiger partial charge in [0.15, 0.2) is 0 Å². The lowest BCUT2D eigenvalue weighted by atomic mass is 10.1. The Morgan fingerprint density at radius 3 is 2.55 bits per heavy atom. The van der Waals surface area contributed by atoms with Gasteiger partial charge in [0.05, 0.1) is 17.9 Å². The minimum Gasteiger partial charge on any atom is -0.383 e. The first-order valence-electron chi connectivity index (χ1n) is 6.41. The molecular formula is C14H21N3O3. The highest BCUT2D eigenvalue weighted by molar-refractivity contribution is 6.04. The summed E-state index contributed by atoms with van der Waals surface area (Å²) in [5.41, 5.74) is 6.48. The standard InChI is InChI=1S/C14H21N3O3/c1-9(2)16-13(18)10-6-4-5-7-12(10)17-14(19)11(15)8-20-3/h4-7,9,11H,8,15H2,1-3H3,(H,16,18)(H,17,19). The maximum absolute atomic E-state index is 12.0. The van der Waals surface area contributed by atoms with E-state index in [-0.39, 0.29) is 18.6 Å². The molecule has 1 aromatic rings. The Labute approximate surface area is 118 Å². The van der Waals surface area contributed by atoms with E-state index in [9.17, 15) is 9.59 Å². The predicted molar refractivity (Wildman–Crippen MR) is 77.5 cm³/mol. The number of anilines is 1. The van der Waals surface area contributed by atoms with Gasteiger partial charge in [0.2, 0.25) is 5.91 Å². The van der Waals surface area contributed by atoms with Crippen molar-refractivity contribution in [2.75, 3.05) is 19.0 Å². The number of para-hydroxylation sites is 1. The summed E-state index contributed by atoms with van der Waals surface area (Å²) in [4.78, 5) is 23.9. The van der Waals surface area contributed by atoms with E-state index < -0.39 is 11.9 Å². The van der Waals surface area contributed by atoms with Crippen LogP contribution in [0.4, 0.5) is 5.69 Å². The summed E-state index contributed by atoms with van der Waals surface area (Å²) in [7, 11) is 1.47. The second-order valence-corrected chi connectivity index (χ2v) is 4.72. The number of nitrogens with one attached hydrogen (secondary N) is 2.